The number of para-hydroxylation sites is 1. The van der Waals surface area contributed by atoms with E-state index < -0.39 is 24.4 Å². The van der Waals surface area contributed by atoms with Crippen molar-refractivity contribution in [3.05, 3.63) is 66.0 Å². The maximum Gasteiger partial charge on any atom is 0.340 e. The summed E-state index contributed by atoms with van der Waals surface area (Å²) in [6.07, 6.45) is 1.29. The van der Waals surface area contributed by atoms with Crippen molar-refractivity contribution in [1.29, 1.82) is 0 Å². The third-order valence-electron chi connectivity index (χ3n) is 4.92. The average Bonchev–Trinajstić information content (AvgIpc) is 3.37. The summed E-state index contributed by atoms with van der Waals surface area (Å²) in [5.41, 5.74) is 1.28. The van der Waals surface area contributed by atoms with Crippen LogP contribution in [0.1, 0.15) is 34.6 Å². The number of hydrogen-bond donors (Lipinski definition) is 2. The van der Waals surface area contributed by atoms with Gasteiger partial charge < -0.3 is 20.3 Å². The van der Waals surface area contributed by atoms with E-state index in [1.165, 1.54) is 23.1 Å². The number of nitrogens with zero attached hydrogens (tertiary/aromatic N) is 5. The van der Waals surface area contributed by atoms with E-state index in [-0.39, 0.29) is 23.7 Å². The van der Waals surface area contributed by atoms with Gasteiger partial charge in [0.2, 0.25) is 5.91 Å². The number of nitrogens with one attached hydrogen (secondary N) is 2. The minimum Gasteiger partial charge on any atom is -0.452 e. The van der Waals surface area contributed by atoms with Crippen LogP contribution in [0.4, 0.5) is 11.4 Å². The van der Waals surface area contributed by atoms with Gasteiger partial charge in [0.25, 0.3) is 11.8 Å². The number of esters is 1. The van der Waals surface area contributed by atoms with Gasteiger partial charge in [-0.2, -0.15) is 0 Å². The second-order valence-electron chi connectivity index (χ2n) is 7.28. The summed E-state index contributed by atoms with van der Waals surface area (Å²) < 4.78 is 6.34. The molecule has 0 saturated carbocycles. The van der Waals surface area contributed by atoms with Crippen LogP contribution >= 0.6 is 0 Å². The Labute approximate surface area is 201 Å². The number of ether oxygens (including phenoxy) is 1. The van der Waals surface area contributed by atoms with E-state index in [2.05, 4.69) is 26.2 Å². The van der Waals surface area contributed by atoms with Crippen molar-refractivity contribution >= 4 is 35.1 Å². The Morgan fingerprint density at radius 2 is 1.66 bits per heavy atom. The van der Waals surface area contributed by atoms with Crippen LogP contribution in [0.15, 0.2) is 54.9 Å². The highest BCUT2D eigenvalue weighted by atomic mass is 16.5. The van der Waals surface area contributed by atoms with Crippen molar-refractivity contribution in [2.45, 2.75) is 20.4 Å². The number of anilines is 2. The average molecular weight is 479 g/mol. The van der Waals surface area contributed by atoms with Crippen LogP contribution in [0.25, 0.3) is 0 Å². The molecule has 0 saturated heterocycles. The molecule has 12 heteroatoms. The highest BCUT2D eigenvalue weighted by Gasteiger charge is 2.17. The summed E-state index contributed by atoms with van der Waals surface area (Å²) >= 11 is 0. The Bertz CT molecular complexity index is 1180. The van der Waals surface area contributed by atoms with Crippen LogP contribution in [0.5, 0.6) is 0 Å². The van der Waals surface area contributed by atoms with Crippen LogP contribution in [-0.4, -0.2) is 68.5 Å². The lowest BCUT2D eigenvalue weighted by Crippen LogP contribution is -2.30. The molecule has 35 heavy (non-hydrogen) atoms. The molecule has 0 bridgehead atoms. The van der Waals surface area contributed by atoms with Crippen LogP contribution in [-0.2, 0) is 20.9 Å². The molecular formula is C23H25N7O5. The Kier molecular flexibility index (Phi) is 8.59. The predicted molar refractivity (Wildman–Crippen MR) is 125 cm³/mol. The predicted octanol–water partition coefficient (Wildman–Crippen LogP) is 1.59. The van der Waals surface area contributed by atoms with E-state index in [9.17, 15) is 19.2 Å². The van der Waals surface area contributed by atoms with Gasteiger partial charge in [-0.15, -0.1) is 5.10 Å². The molecule has 0 aliphatic carbocycles. The largest absolute Gasteiger partial charge is 0.452 e. The van der Waals surface area contributed by atoms with Gasteiger partial charge in [0, 0.05) is 24.3 Å². The first kappa shape index (κ1) is 25.0. The Morgan fingerprint density at radius 1 is 0.943 bits per heavy atom. The summed E-state index contributed by atoms with van der Waals surface area (Å²) in [5.74, 6) is -1.87. The van der Waals surface area contributed by atoms with E-state index in [1.807, 2.05) is 13.8 Å². The summed E-state index contributed by atoms with van der Waals surface area (Å²) in [5, 5.41) is 15.7. The van der Waals surface area contributed by atoms with Crippen molar-refractivity contribution in [1.82, 2.24) is 25.1 Å². The second kappa shape index (κ2) is 12.0. The number of aromatic nitrogens is 4. The monoisotopic (exact) mass is 479 g/mol. The van der Waals surface area contributed by atoms with Crippen LogP contribution < -0.4 is 10.6 Å². The summed E-state index contributed by atoms with van der Waals surface area (Å²) in [6, 6.07) is 12.7. The van der Waals surface area contributed by atoms with E-state index in [0.29, 0.717) is 24.3 Å². The molecule has 1 aromatic heterocycles. The molecule has 0 unspecified atom stereocenters. The van der Waals surface area contributed by atoms with Gasteiger partial charge in [-0.05, 0) is 60.7 Å². The van der Waals surface area contributed by atoms with Gasteiger partial charge >= 0.3 is 5.97 Å². The van der Waals surface area contributed by atoms with Gasteiger partial charge in [0.1, 0.15) is 12.9 Å². The summed E-state index contributed by atoms with van der Waals surface area (Å²) in [7, 11) is 0. The van der Waals surface area contributed by atoms with Crippen LogP contribution in [0, 0.1) is 0 Å². The van der Waals surface area contributed by atoms with E-state index in [1.54, 1.807) is 41.3 Å². The number of carbonyl (C=O) groups is 4. The fraction of sp³-hybridized carbons (Fsp3) is 0.261. The molecule has 0 atom stereocenters. The first-order valence-electron chi connectivity index (χ1n) is 10.9. The first-order valence-corrected chi connectivity index (χ1v) is 10.9. The first-order chi connectivity index (χ1) is 16.9. The zero-order valence-corrected chi connectivity index (χ0v) is 19.3. The van der Waals surface area contributed by atoms with Gasteiger partial charge in [0.05, 0.1) is 11.3 Å². The minimum absolute atomic E-state index is 0.0876. The third kappa shape index (κ3) is 6.93. The molecule has 0 fully saturated rings. The maximum absolute atomic E-state index is 12.5. The number of benzene rings is 2. The summed E-state index contributed by atoms with van der Waals surface area (Å²) in [6.45, 7) is 4.33. The second-order valence-corrected chi connectivity index (χ2v) is 7.28. The maximum atomic E-state index is 12.5. The molecule has 2 N–H and O–H groups in total. The zero-order chi connectivity index (χ0) is 25.2. The summed E-state index contributed by atoms with van der Waals surface area (Å²) in [4.78, 5) is 51.0. The van der Waals surface area contributed by atoms with E-state index in [4.69, 9.17) is 4.74 Å². The molecule has 0 spiro atoms. The Balaban J connectivity index is 1.54. The number of tetrazole rings is 1. The van der Waals surface area contributed by atoms with E-state index >= 15 is 0 Å². The lowest BCUT2D eigenvalue weighted by Gasteiger charge is -2.18. The van der Waals surface area contributed by atoms with Gasteiger partial charge in [-0.25, -0.2) is 9.48 Å². The standard InChI is InChI=1S/C23H25N7O5/c1-3-29(4-2)22(33)16-9-11-17(12-10-16)25-21(32)14-35-23(34)18-7-5-6-8-19(18)26-20(31)13-30-15-24-27-28-30/h5-12,15H,3-4,13-14H2,1-2H3,(H,25,32)(H,26,31). The molecule has 2 aromatic carbocycles. The van der Waals surface area contributed by atoms with Crippen molar-refractivity contribution in [3.8, 4) is 0 Å². The fourth-order valence-electron chi connectivity index (χ4n) is 3.16. The normalized spacial score (nSPS) is 10.3. The van der Waals surface area contributed by atoms with Crippen molar-refractivity contribution in [2.75, 3.05) is 30.3 Å². The van der Waals surface area contributed by atoms with Crippen molar-refractivity contribution < 1.29 is 23.9 Å². The van der Waals surface area contributed by atoms with E-state index in [0.717, 1.165) is 0 Å². The molecule has 0 radical (unpaired) electrons. The molecule has 12 nitrogen and oxygen atoms in total. The topological polar surface area (TPSA) is 148 Å². The van der Waals surface area contributed by atoms with Crippen LogP contribution in [0.3, 0.4) is 0 Å². The molecule has 3 amide bonds. The quantitative estimate of drug-likeness (QED) is 0.417. The molecule has 3 rings (SSSR count). The molecule has 3 aromatic rings. The lowest BCUT2D eigenvalue weighted by atomic mass is 10.1. The van der Waals surface area contributed by atoms with Crippen molar-refractivity contribution in [3.63, 3.8) is 0 Å². The van der Waals surface area contributed by atoms with Crippen LogP contribution in [0.2, 0.25) is 0 Å². The highest BCUT2D eigenvalue weighted by Crippen LogP contribution is 2.17. The number of rotatable bonds is 10. The molecule has 0 aliphatic rings. The number of carbonyl (C=O) groups excluding carboxylic acids is 4. The van der Waals surface area contributed by atoms with Gasteiger partial charge in [-0.3, -0.25) is 14.4 Å². The third-order valence-corrected chi connectivity index (χ3v) is 4.92. The number of hydrogen-bond acceptors (Lipinski definition) is 8. The molecule has 0 aliphatic heterocycles. The zero-order valence-electron chi connectivity index (χ0n) is 19.3. The molecule has 182 valence electrons. The SMILES string of the molecule is CCN(CC)C(=O)c1ccc(NC(=O)COC(=O)c2ccccc2NC(=O)Cn2cnnn2)cc1. The lowest BCUT2D eigenvalue weighted by molar-refractivity contribution is -0.119. The molecule has 1 heterocycles. The Hall–Kier alpha value is -4.61. The Morgan fingerprint density at radius 3 is 2.31 bits per heavy atom. The highest BCUT2D eigenvalue weighted by molar-refractivity contribution is 6.02. The van der Waals surface area contributed by atoms with Gasteiger partial charge in [0.15, 0.2) is 6.61 Å². The minimum atomic E-state index is -0.779. The fourth-order valence-corrected chi connectivity index (χ4v) is 3.16. The van der Waals surface area contributed by atoms with Gasteiger partial charge in [-0.1, -0.05) is 12.1 Å². The number of amides is 3. The smallest absolute Gasteiger partial charge is 0.340 e. The molecular weight excluding hydrogens is 454 g/mol. The van der Waals surface area contributed by atoms with Crippen molar-refractivity contribution in [2.24, 2.45) is 0 Å².